The first kappa shape index (κ1) is 19.0. The molecule has 0 aliphatic heterocycles. The van der Waals surface area contributed by atoms with Gasteiger partial charge in [-0.15, -0.1) is 11.3 Å². The highest BCUT2D eigenvalue weighted by molar-refractivity contribution is 8.00. The fourth-order valence-corrected chi connectivity index (χ4v) is 4.44. The highest BCUT2D eigenvalue weighted by atomic mass is 35.5. The smallest absolute Gasteiger partial charge is 0.230 e. The number of thiazole rings is 1. The van der Waals surface area contributed by atoms with E-state index in [4.69, 9.17) is 11.6 Å². The predicted octanol–water partition coefficient (Wildman–Crippen LogP) is 5.89. The Morgan fingerprint density at radius 1 is 1.23 bits per heavy atom. The monoisotopic (exact) mass is 402 g/mol. The van der Waals surface area contributed by atoms with E-state index in [9.17, 15) is 4.79 Å². The molecular formula is C20H19ClN2OS2. The van der Waals surface area contributed by atoms with Crippen LogP contribution in [0.5, 0.6) is 0 Å². The lowest BCUT2D eigenvalue weighted by Crippen LogP contribution is -2.15. The maximum atomic E-state index is 12.3. The molecule has 26 heavy (non-hydrogen) atoms. The van der Waals surface area contributed by atoms with Crippen LogP contribution in [0.2, 0.25) is 5.02 Å². The quantitative estimate of drug-likeness (QED) is 0.523. The van der Waals surface area contributed by atoms with Crippen molar-refractivity contribution in [2.24, 2.45) is 0 Å². The maximum Gasteiger partial charge on any atom is 0.230 e. The number of halogens is 1. The number of carbonyl (C=O) groups excluding carboxylic acids is 1. The van der Waals surface area contributed by atoms with Gasteiger partial charge in [0.25, 0.3) is 0 Å². The molecule has 3 nitrogen and oxygen atoms in total. The third kappa shape index (κ3) is 5.34. The molecule has 0 radical (unpaired) electrons. The van der Waals surface area contributed by atoms with Crippen molar-refractivity contribution in [2.45, 2.75) is 30.4 Å². The molecular weight excluding hydrogens is 384 g/mol. The number of hydrogen-bond acceptors (Lipinski definition) is 4. The molecule has 0 unspecified atom stereocenters. The van der Waals surface area contributed by atoms with Crippen molar-refractivity contribution in [3.63, 3.8) is 0 Å². The minimum Gasteiger partial charge on any atom is -0.325 e. The third-order valence-corrected chi connectivity index (χ3v) is 6.17. The molecule has 1 heterocycles. The molecule has 0 aliphatic rings. The van der Waals surface area contributed by atoms with Gasteiger partial charge in [-0.3, -0.25) is 4.79 Å². The highest BCUT2D eigenvalue weighted by Gasteiger charge is 2.10. The van der Waals surface area contributed by atoms with Gasteiger partial charge in [-0.2, -0.15) is 0 Å². The summed E-state index contributed by atoms with van der Waals surface area (Å²) in [6.07, 6.45) is 0.279. The Hall–Kier alpha value is -1.82. The summed E-state index contributed by atoms with van der Waals surface area (Å²) in [5.74, 6) is 0.762. The second-order valence-corrected chi connectivity index (χ2v) is 8.58. The molecule has 0 aliphatic carbocycles. The Kier molecular flexibility index (Phi) is 6.35. The van der Waals surface area contributed by atoms with Crippen LogP contribution in [-0.4, -0.2) is 10.9 Å². The van der Waals surface area contributed by atoms with Crippen LogP contribution in [0.25, 0.3) is 0 Å². The third-order valence-electron chi connectivity index (χ3n) is 3.79. The van der Waals surface area contributed by atoms with Gasteiger partial charge < -0.3 is 5.32 Å². The number of hydrogen-bond donors (Lipinski definition) is 1. The van der Waals surface area contributed by atoms with Gasteiger partial charge in [-0.05, 0) is 48.7 Å². The summed E-state index contributed by atoms with van der Waals surface area (Å²) in [5.41, 5.74) is 5.00. The van der Waals surface area contributed by atoms with Crippen LogP contribution in [0.15, 0.2) is 52.2 Å². The zero-order chi connectivity index (χ0) is 18.5. The van der Waals surface area contributed by atoms with E-state index in [1.165, 1.54) is 0 Å². The van der Waals surface area contributed by atoms with Gasteiger partial charge >= 0.3 is 0 Å². The minimum absolute atomic E-state index is 0.0459. The van der Waals surface area contributed by atoms with E-state index in [-0.39, 0.29) is 12.3 Å². The molecule has 3 rings (SSSR count). The lowest BCUT2D eigenvalue weighted by Gasteiger charge is -2.08. The summed E-state index contributed by atoms with van der Waals surface area (Å²) in [7, 11) is 0. The number of anilines is 1. The van der Waals surface area contributed by atoms with Gasteiger partial charge in [0, 0.05) is 21.8 Å². The van der Waals surface area contributed by atoms with Crippen molar-refractivity contribution < 1.29 is 4.79 Å². The molecule has 0 atom stereocenters. The van der Waals surface area contributed by atoms with Crippen LogP contribution < -0.4 is 5.32 Å². The van der Waals surface area contributed by atoms with Crippen LogP contribution in [-0.2, 0) is 17.0 Å². The van der Waals surface area contributed by atoms with E-state index in [2.05, 4.69) is 10.3 Å². The van der Waals surface area contributed by atoms with E-state index in [1.807, 2.05) is 61.7 Å². The van der Waals surface area contributed by atoms with E-state index in [0.717, 1.165) is 43.2 Å². The molecule has 134 valence electrons. The number of nitrogens with zero attached hydrogens (tertiary/aromatic N) is 1. The first-order chi connectivity index (χ1) is 12.5. The second kappa shape index (κ2) is 8.71. The molecule has 0 fully saturated rings. The molecule has 1 aromatic heterocycles. The van der Waals surface area contributed by atoms with Gasteiger partial charge in [0.1, 0.15) is 4.34 Å². The Morgan fingerprint density at radius 3 is 2.88 bits per heavy atom. The van der Waals surface area contributed by atoms with E-state index >= 15 is 0 Å². The number of rotatable bonds is 6. The first-order valence-corrected chi connectivity index (χ1v) is 10.4. The number of thioether (sulfide) groups is 1. The van der Waals surface area contributed by atoms with E-state index < -0.39 is 0 Å². The van der Waals surface area contributed by atoms with Crippen LogP contribution in [0.4, 0.5) is 5.69 Å². The van der Waals surface area contributed by atoms with E-state index in [1.54, 1.807) is 23.1 Å². The molecule has 6 heteroatoms. The van der Waals surface area contributed by atoms with Gasteiger partial charge in [-0.25, -0.2) is 4.98 Å². The Bertz CT molecular complexity index is 924. The van der Waals surface area contributed by atoms with E-state index in [0.29, 0.717) is 0 Å². The van der Waals surface area contributed by atoms with Crippen molar-refractivity contribution in [1.82, 2.24) is 4.98 Å². The fourth-order valence-electron chi connectivity index (χ4n) is 2.44. The van der Waals surface area contributed by atoms with Crippen molar-refractivity contribution in [1.29, 1.82) is 0 Å². The molecule has 1 amide bonds. The van der Waals surface area contributed by atoms with Gasteiger partial charge in [-0.1, -0.05) is 47.6 Å². The Balaban J connectivity index is 1.56. The topological polar surface area (TPSA) is 42.0 Å². The summed E-state index contributed by atoms with van der Waals surface area (Å²) in [4.78, 5) is 16.9. The second-order valence-electron chi connectivity index (χ2n) is 6.07. The fraction of sp³-hybridized carbons (Fsp3) is 0.200. The van der Waals surface area contributed by atoms with Gasteiger partial charge in [0.05, 0.1) is 12.1 Å². The summed E-state index contributed by atoms with van der Waals surface area (Å²) in [5, 5.41) is 5.67. The number of nitrogens with one attached hydrogen (secondary N) is 1. The SMILES string of the molecule is Cc1ccc(C)c(NC(=O)Cc2csc(SCc3cccc(Cl)c3)n2)c1. The molecule has 2 aromatic carbocycles. The first-order valence-electron chi connectivity index (χ1n) is 8.18. The standard InChI is InChI=1S/C20H19ClN2OS2/c1-13-6-7-14(2)18(8-13)23-19(24)10-17-12-26-20(22-17)25-11-15-4-3-5-16(21)9-15/h3-9,12H,10-11H2,1-2H3,(H,23,24). The van der Waals surface area contributed by atoms with Crippen LogP contribution in [0.1, 0.15) is 22.4 Å². The summed E-state index contributed by atoms with van der Waals surface area (Å²) < 4.78 is 0.958. The lowest BCUT2D eigenvalue weighted by molar-refractivity contribution is -0.115. The van der Waals surface area contributed by atoms with Crippen LogP contribution in [0.3, 0.4) is 0 Å². The average molecular weight is 403 g/mol. The summed E-state index contributed by atoms with van der Waals surface area (Å²) in [6, 6.07) is 13.9. The number of benzene rings is 2. The zero-order valence-corrected chi connectivity index (χ0v) is 17.0. The van der Waals surface area contributed by atoms with Crippen molar-refractivity contribution >= 4 is 46.3 Å². The molecule has 3 aromatic rings. The number of aryl methyl sites for hydroxylation is 2. The van der Waals surface area contributed by atoms with Crippen molar-refractivity contribution in [2.75, 3.05) is 5.32 Å². The summed E-state index contributed by atoms with van der Waals surface area (Å²) in [6.45, 7) is 4.00. The zero-order valence-electron chi connectivity index (χ0n) is 14.6. The normalized spacial score (nSPS) is 10.7. The number of amides is 1. The molecule has 0 bridgehead atoms. The predicted molar refractivity (Wildman–Crippen MR) is 111 cm³/mol. The van der Waals surface area contributed by atoms with Crippen molar-refractivity contribution in [3.05, 3.63) is 75.3 Å². The largest absolute Gasteiger partial charge is 0.325 e. The number of aromatic nitrogens is 1. The molecule has 0 saturated carbocycles. The van der Waals surface area contributed by atoms with Crippen molar-refractivity contribution in [3.8, 4) is 0 Å². The summed E-state index contributed by atoms with van der Waals surface area (Å²) >= 11 is 9.23. The maximum absolute atomic E-state index is 12.3. The van der Waals surface area contributed by atoms with Gasteiger partial charge in [0.15, 0.2) is 0 Å². The Labute approximate surface area is 166 Å². The minimum atomic E-state index is -0.0459. The average Bonchev–Trinajstić information content (AvgIpc) is 3.04. The molecule has 1 N–H and O–H groups in total. The molecule has 0 spiro atoms. The number of carbonyl (C=O) groups is 1. The van der Waals surface area contributed by atoms with Crippen LogP contribution in [0, 0.1) is 13.8 Å². The lowest BCUT2D eigenvalue weighted by atomic mass is 10.1. The highest BCUT2D eigenvalue weighted by Crippen LogP contribution is 2.27. The molecule has 0 saturated heterocycles. The van der Waals surface area contributed by atoms with Gasteiger partial charge in [0.2, 0.25) is 5.91 Å². The Morgan fingerprint density at radius 2 is 2.08 bits per heavy atom. The van der Waals surface area contributed by atoms with Crippen LogP contribution >= 0.6 is 34.7 Å².